The molecule has 1 aromatic carbocycles. The molecule has 1 fully saturated rings. The zero-order valence-electron chi connectivity index (χ0n) is 8.77. The molecule has 16 heavy (non-hydrogen) atoms. The number of fused-ring (bicyclic) bond motifs is 1. The van der Waals surface area contributed by atoms with Gasteiger partial charge in [-0.2, -0.15) is 0 Å². The summed E-state index contributed by atoms with van der Waals surface area (Å²) < 4.78 is 16.0. The van der Waals surface area contributed by atoms with Gasteiger partial charge in [0.25, 0.3) is 0 Å². The second kappa shape index (κ2) is 4.91. The average Bonchev–Trinajstić information content (AvgIpc) is 2.77. The van der Waals surface area contributed by atoms with Crippen LogP contribution >= 0.6 is 12.4 Å². The average molecular weight is 244 g/mol. The fourth-order valence-corrected chi connectivity index (χ4v) is 1.91. The van der Waals surface area contributed by atoms with Gasteiger partial charge in [-0.25, -0.2) is 0 Å². The number of rotatable bonds is 1. The molecule has 0 aliphatic carbocycles. The van der Waals surface area contributed by atoms with Gasteiger partial charge in [-0.15, -0.1) is 12.4 Å². The van der Waals surface area contributed by atoms with Crippen molar-refractivity contribution in [3.63, 3.8) is 0 Å². The van der Waals surface area contributed by atoms with E-state index in [4.69, 9.17) is 14.2 Å². The van der Waals surface area contributed by atoms with Crippen LogP contribution in [0.15, 0.2) is 18.2 Å². The Labute approximate surface area is 100 Å². The largest absolute Gasteiger partial charge is 0.454 e. The Bertz CT molecular complexity index is 366. The molecule has 1 saturated heterocycles. The zero-order chi connectivity index (χ0) is 10.1. The molecule has 0 unspecified atom stereocenters. The first-order chi connectivity index (χ1) is 7.43. The molecule has 0 saturated carbocycles. The van der Waals surface area contributed by atoms with Gasteiger partial charge in [-0.3, -0.25) is 0 Å². The lowest BCUT2D eigenvalue weighted by atomic mass is 10.1. The first-order valence-corrected chi connectivity index (χ1v) is 5.14. The highest BCUT2D eigenvalue weighted by Gasteiger charge is 2.19. The minimum absolute atomic E-state index is 0. The van der Waals surface area contributed by atoms with Crippen molar-refractivity contribution >= 4 is 12.4 Å². The third-order valence-electron chi connectivity index (χ3n) is 2.72. The Morgan fingerprint density at radius 3 is 2.88 bits per heavy atom. The summed E-state index contributed by atoms with van der Waals surface area (Å²) >= 11 is 0. The Hall–Kier alpha value is -0.970. The predicted octanol–water partition coefficient (Wildman–Crippen LogP) is 1.50. The number of nitrogens with one attached hydrogen (secondary N) is 1. The number of benzene rings is 1. The van der Waals surface area contributed by atoms with Crippen LogP contribution in [0.25, 0.3) is 0 Å². The van der Waals surface area contributed by atoms with Crippen LogP contribution in [0.2, 0.25) is 0 Å². The van der Waals surface area contributed by atoms with Crippen molar-refractivity contribution < 1.29 is 14.2 Å². The summed E-state index contributed by atoms with van der Waals surface area (Å²) in [6.45, 7) is 2.74. The van der Waals surface area contributed by atoms with Gasteiger partial charge in [0.2, 0.25) is 6.79 Å². The molecule has 0 radical (unpaired) electrons. The van der Waals surface area contributed by atoms with E-state index in [2.05, 4.69) is 11.4 Å². The number of halogens is 1. The normalized spacial score (nSPS) is 22.6. The Balaban J connectivity index is 0.000000963. The molecule has 2 heterocycles. The Kier molecular flexibility index (Phi) is 3.53. The molecule has 0 spiro atoms. The monoisotopic (exact) mass is 243 g/mol. The van der Waals surface area contributed by atoms with Crippen LogP contribution in [-0.4, -0.2) is 26.6 Å². The van der Waals surface area contributed by atoms with Gasteiger partial charge >= 0.3 is 0 Å². The summed E-state index contributed by atoms with van der Waals surface area (Å²) in [5.74, 6) is 1.66. The lowest BCUT2D eigenvalue weighted by Crippen LogP contribution is -2.34. The quantitative estimate of drug-likeness (QED) is 0.812. The van der Waals surface area contributed by atoms with Crippen LogP contribution in [0.1, 0.15) is 11.6 Å². The number of ether oxygens (including phenoxy) is 3. The predicted molar refractivity (Wildman–Crippen MR) is 61.4 cm³/mol. The molecule has 1 atom stereocenters. The molecule has 2 aliphatic rings. The maximum atomic E-state index is 5.42. The fourth-order valence-electron chi connectivity index (χ4n) is 1.91. The van der Waals surface area contributed by atoms with Crippen molar-refractivity contribution in [3.8, 4) is 11.5 Å². The summed E-state index contributed by atoms with van der Waals surface area (Å²) in [5, 5.41) is 3.41. The molecule has 1 N–H and O–H groups in total. The molecule has 0 bridgehead atoms. The van der Waals surface area contributed by atoms with Crippen LogP contribution in [0.4, 0.5) is 0 Å². The molecule has 88 valence electrons. The first kappa shape index (κ1) is 11.5. The summed E-state index contributed by atoms with van der Waals surface area (Å²) in [7, 11) is 0. The third-order valence-corrected chi connectivity index (χ3v) is 2.72. The number of hydrogen-bond donors (Lipinski definition) is 1. The van der Waals surface area contributed by atoms with Crippen LogP contribution in [0, 0.1) is 0 Å². The summed E-state index contributed by atoms with van der Waals surface area (Å²) in [4.78, 5) is 0. The standard InChI is InChI=1S/C11H13NO3.ClH/c1-2-10-11(15-7-14-10)5-8(1)9-6-13-4-3-12-9;/h1-2,5,9,12H,3-4,6-7H2;1H/t9-;/m1./s1. The van der Waals surface area contributed by atoms with E-state index in [9.17, 15) is 0 Å². The fraction of sp³-hybridized carbons (Fsp3) is 0.455. The van der Waals surface area contributed by atoms with Gasteiger partial charge in [0.05, 0.1) is 19.3 Å². The van der Waals surface area contributed by atoms with E-state index in [1.54, 1.807) is 0 Å². The van der Waals surface area contributed by atoms with Gasteiger partial charge in [-0.05, 0) is 17.7 Å². The van der Waals surface area contributed by atoms with Gasteiger partial charge in [0.1, 0.15) is 0 Å². The van der Waals surface area contributed by atoms with E-state index >= 15 is 0 Å². The minimum Gasteiger partial charge on any atom is -0.454 e. The van der Waals surface area contributed by atoms with Gasteiger partial charge in [-0.1, -0.05) is 6.07 Å². The summed E-state index contributed by atoms with van der Waals surface area (Å²) in [6, 6.07) is 6.30. The van der Waals surface area contributed by atoms with Gasteiger partial charge in [0, 0.05) is 6.54 Å². The second-order valence-electron chi connectivity index (χ2n) is 3.69. The SMILES string of the molecule is Cl.c1cc2c(cc1[C@H]1COCCN1)OCO2. The topological polar surface area (TPSA) is 39.7 Å². The van der Waals surface area contributed by atoms with Crippen molar-refractivity contribution in [3.05, 3.63) is 23.8 Å². The highest BCUT2D eigenvalue weighted by atomic mass is 35.5. The number of morpholine rings is 1. The zero-order valence-corrected chi connectivity index (χ0v) is 9.59. The van der Waals surface area contributed by atoms with Crippen LogP contribution in [0.3, 0.4) is 0 Å². The van der Waals surface area contributed by atoms with Gasteiger partial charge in [0.15, 0.2) is 11.5 Å². The second-order valence-corrected chi connectivity index (χ2v) is 3.69. The van der Waals surface area contributed by atoms with E-state index in [0.29, 0.717) is 6.79 Å². The van der Waals surface area contributed by atoms with E-state index < -0.39 is 0 Å². The molecule has 4 nitrogen and oxygen atoms in total. The maximum Gasteiger partial charge on any atom is 0.231 e. The lowest BCUT2D eigenvalue weighted by Gasteiger charge is -2.24. The molecule has 2 aliphatic heterocycles. The molecule has 0 amide bonds. The van der Waals surface area contributed by atoms with Crippen LogP contribution < -0.4 is 14.8 Å². The van der Waals surface area contributed by atoms with Gasteiger partial charge < -0.3 is 19.5 Å². The van der Waals surface area contributed by atoms with Crippen molar-refractivity contribution in [2.45, 2.75) is 6.04 Å². The first-order valence-electron chi connectivity index (χ1n) is 5.14. The van der Waals surface area contributed by atoms with Crippen molar-refractivity contribution in [2.24, 2.45) is 0 Å². The third kappa shape index (κ3) is 2.09. The highest BCUT2D eigenvalue weighted by Crippen LogP contribution is 2.34. The molecule has 1 aromatic rings. The molecular formula is C11H14ClNO3. The minimum atomic E-state index is 0. The molecule has 5 heteroatoms. The Morgan fingerprint density at radius 1 is 1.19 bits per heavy atom. The maximum absolute atomic E-state index is 5.42. The lowest BCUT2D eigenvalue weighted by molar-refractivity contribution is 0.0768. The van der Waals surface area contributed by atoms with E-state index in [0.717, 1.165) is 31.3 Å². The summed E-state index contributed by atoms with van der Waals surface area (Å²) in [5.41, 5.74) is 1.19. The van der Waals surface area contributed by atoms with Crippen LogP contribution in [-0.2, 0) is 4.74 Å². The molecular weight excluding hydrogens is 230 g/mol. The smallest absolute Gasteiger partial charge is 0.231 e. The molecule has 0 aromatic heterocycles. The number of hydrogen-bond acceptors (Lipinski definition) is 4. The van der Waals surface area contributed by atoms with Crippen LogP contribution in [0.5, 0.6) is 11.5 Å². The van der Waals surface area contributed by atoms with E-state index in [-0.39, 0.29) is 18.4 Å². The Morgan fingerprint density at radius 2 is 2.06 bits per heavy atom. The van der Waals surface area contributed by atoms with E-state index in [1.165, 1.54) is 5.56 Å². The van der Waals surface area contributed by atoms with Crippen molar-refractivity contribution in [1.29, 1.82) is 0 Å². The molecule has 3 rings (SSSR count). The highest BCUT2D eigenvalue weighted by molar-refractivity contribution is 5.85. The van der Waals surface area contributed by atoms with E-state index in [1.807, 2.05) is 12.1 Å². The van der Waals surface area contributed by atoms with Crippen molar-refractivity contribution in [1.82, 2.24) is 5.32 Å². The van der Waals surface area contributed by atoms with Crippen molar-refractivity contribution in [2.75, 3.05) is 26.6 Å². The summed E-state index contributed by atoms with van der Waals surface area (Å²) in [6.07, 6.45) is 0.